The molecule has 0 unspecified atom stereocenters. The lowest BCUT2D eigenvalue weighted by Crippen LogP contribution is -2.26. The maximum Gasteiger partial charge on any atom is 0.225 e. The predicted octanol–water partition coefficient (Wildman–Crippen LogP) is 2.89. The number of carbonyl (C=O) groups excluding carboxylic acids is 1. The summed E-state index contributed by atoms with van der Waals surface area (Å²) in [6.07, 6.45) is 5.09. The molecule has 0 aliphatic heterocycles. The van der Waals surface area contributed by atoms with Crippen molar-refractivity contribution in [3.05, 3.63) is 59.9 Å². The van der Waals surface area contributed by atoms with E-state index in [0.717, 1.165) is 25.2 Å². The van der Waals surface area contributed by atoms with E-state index in [9.17, 15) is 4.79 Å². The highest BCUT2D eigenvalue weighted by Crippen LogP contribution is 2.09. The van der Waals surface area contributed by atoms with Gasteiger partial charge in [-0.15, -0.1) is 0 Å². The molecule has 0 saturated carbocycles. The summed E-state index contributed by atoms with van der Waals surface area (Å²) in [6, 6.07) is 11.9. The molecule has 4 heteroatoms. The van der Waals surface area contributed by atoms with Crippen LogP contribution >= 0.6 is 0 Å². The first-order valence-electron chi connectivity index (χ1n) is 7.57. The summed E-state index contributed by atoms with van der Waals surface area (Å²) < 4.78 is 0. The Labute approximate surface area is 132 Å². The molecular weight excluding hydrogens is 274 g/mol. The minimum Gasteiger partial charge on any atom is -0.326 e. The molecule has 1 aromatic carbocycles. The molecule has 0 radical (unpaired) electrons. The van der Waals surface area contributed by atoms with Crippen LogP contribution in [0.3, 0.4) is 0 Å². The second kappa shape index (κ2) is 8.29. The van der Waals surface area contributed by atoms with Crippen LogP contribution in [0.15, 0.2) is 48.8 Å². The van der Waals surface area contributed by atoms with Gasteiger partial charge in [-0.2, -0.15) is 0 Å². The van der Waals surface area contributed by atoms with Gasteiger partial charge in [-0.3, -0.25) is 9.78 Å². The van der Waals surface area contributed by atoms with E-state index < -0.39 is 0 Å². The fourth-order valence-corrected chi connectivity index (χ4v) is 2.13. The van der Waals surface area contributed by atoms with Crippen molar-refractivity contribution in [2.45, 2.75) is 19.8 Å². The van der Waals surface area contributed by atoms with Crippen LogP contribution in [0.25, 0.3) is 0 Å². The zero-order chi connectivity index (χ0) is 15.8. The number of hydrogen-bond acceptors (Lipinski definition) is 3. The largest absolute Gasteiger partial charge is 0.326 e. The van der Waals surface area contributed by atoms with Gasteiger partial charge in [-0.1, -0.05) is 17.7 Å². The molecule has 2 rings (SSSR count). The third-order valence-electron chi connectivity index (χ3n) is 3.59. The van der Waals surface area contributed by atoms with Crippen LogP contribution < -0.4 is 5.32 Å². The van der Waals surface area contributed by atoms with E-state index in [2.05, 4.69) is 15.2 Å². The second-order valence-electron chi connectivity index (χ2n) is 5.57. The maximum absolute atomic E-state index is 11.9. The average Bonchev–Trinajstić information content (AvgIpc) is 2.54. The molecule has 1 amide bonds. The van der Waals surface area contributed by atoms with Gasteiger partial charge in [-0.25, -0.2) is 0 Å². The molecule has 0 saturated heterocycles. The van der Waals surface area contributed by atoms with Gasteiger partial charge in [0.15, 0.2) is 0 Å². The summed E-state index contributed by atoms with van der Waals surface area (Å²) in [4.78, 5) is 18.1. The van der Waals surface area contributed by atoms with Gasteiger partial charge in [0.25, 0.3) is 0 Å². The molecule has 2 aromatic rings. The molecule has 0 fully saturated rings. The van der Waals surface area contributed by atoms with Crippen molar-refractivity contribution < 1.29 is 4.79 Å². The van der Waals surface area contributed by atoms with Gasteiger partial charge in [0, 0.05) is 37.6 Å². The Morgan fingerprint density at radius 2 is 1.77 bits per heavy atom. The predicted molar refractivity (Wildman–Crippen MR) is 89.9 cm³/mol. The third kappa shape index (κ3) is 5.66. The molecule has 0 aliphatic carbocycles. The highest BCUT2D eigenvalue weighted by atomic mass is 16.1. The van der Waals surface area contributed by atoms with Gasteiger partial charge < -0.3 is 10.2 Å². The molecule has 1 N–H and O–H groups in total. The standard InChI is InChI=1S/C18H23N3O/c1-15-3-5-17(6-4-15)20-18(22)10-14-21(2)13-9-16-7-11-19-12-8-16/h3-8,11-12H,9-10,13-14H2,1-2H3,(H,20,22). The van der Waals surface area contributed by atoms with Gasteiger partial charge in [0.05, 0.1) is 0 Å². The van der Waals surface area contributed by atoms with Crippen LogP contribution in [0.4, 0.5) is 5.69 Å². The number of likely N-dealkylation sites (N-methyl/N-ethyl adjacent to an activating group) is 1. The van der Waals surface area contributed by atoms with Crippen LogP contribution in [0.1, 0.15) is 17.5 Å². The van der Waals surface area contributed by atoms with Crippen molar-refractivity contribution in [3.63, 3.8) is 0 Å². The fraction of sp³-hybridized carbons (Fsp3) is 0.333. The van der Waals surface area contributed by atoms with E-state index in [1.807, 2.05) is 62.8 Å². The number of amides is 1. The number of aromatic nitrogens is 1. The molecule has 0 atom stereocenters. The van der Waals surface area contributed by atoms with Crippen molar-refractivity contribution in [2.75, 3.05) is 25.5 Å². The van der Waals surface area contributed by atoms with Gasteiger partial charge in [0.2, 0.25) is 5.91 Å². The quantitative estimate of drug-likeness (QED) is 0.854. The highest BCUT2D eigenvalue weighted by molar-refractivity contribution is 5.90. The normalized spacial score (nSPS) is 10.7. The lowest BCUT2D eigenvalue weighted by molar-refractivity contribution is -0.116. The molecule has 0 spiro atoms. The van der Waals surface area contributed by atoms with Crippen molar-refractivity contribution in [1.82, 2.24) is 9.88 Å². The van der Waals surface area contributed by atoms with Crippen molar-refractivity contribution in [2.24, 2.45) is 0 Å². The Morgan fingerprint density at radius 3 is 2.45 bits per heavy atom. The first-order valence-corrected chi connectivity index (χ1v) is 7.57. The van der Waals surface area contributed by atoms with Crippen LogP contribution in [-0.2, 0) is 11.2 Å². The van der Waals surface area contributed by atoms with Crippen LogP contribution in [-0.4, -0.2) is 35.9 Å². The molecule has 1 aromatic heterocycles. The van der Waals surface area contributed by atoms with Gasteiger partial charge in [-0.05, 0) is 50.2 Å². The Hall–Kier alpha value is -2.20. The first-order chi connectivity index (χ1) is 10.6. The van der Waals surface area contributed by atoms with Gasteiger partial charge >= 0.3 is 0 Å². The number of pyridine rings is 1. The smallest absolute Gasteiger partial charge is 0.225 e. The molecule has 116 valence electrons. The Balaban J connectivity index is 1.68. The summed E-state index contributed by atoms with van der Waals surface area (Å²) in [5, 5.41) is 2.92. The van der Waals surface area contributed by atoms with Crippen LogP contribution in [0.2, 0.25) is 0 Å². The molecular formula is C18H23N3O. The van der Waals surface area contributed by atoms with E-state index in [-0.39, 0.29) is 5.91 Å². The van der Waals surface area contributed by atoms with E-state index in [1.165, 1.54) is 11.1 Å². The number of nitrogens with zero attached hydrogens (tertiary/aromatic N) is 2. The lowest BCUT2D eigenvalue weighted by atomic mass is 10.2. The second-order valence-corrected chi connectivity index (χ2v) is 5.57. The molecule has 1 heterocycles. The fourth-order valence-electron chi connectivity index (χ4n) is 2.13. The van der Waals surface area contributed by atoms with Crippen molar-refractivity contribution >= 4 is 11.6 Å². The summed E-state index contributed by atoms with van der Waals surface area (Å²) in [5.41, 5.74) is 3.31. The summed E-state index contributed by atoms with van der Waals surface area (Å²) >= 11 is 0. The number of anilines is 1. The number of aryl methyl sites for hydroxylation is 1. The van der Waals surface area contributed by atoms with Crippen molar-refractivity contribution in [1.29, 1.82) is 0 Å². The minimum atomic E-state index is 0.0552. The van der Waals surface area contributed by atoms with E-state index >= 15 is 0 Å². The maximum atomic E-state index is 11.9. The Bertz CT molecular complexity index is 581. The number of hydrogen-bond donors (Lipinski definition) is 1. The number of carbonyl (C=O) groups is 1. The highest BCUT2D eigenvalue weighted by Gasteiger charge is 2.05. The Morgan fingerprint density at radius 1 is 1.09 bits per heavy atom. The van der Waals surface area contributed by atoms with E-state index in [0.29, 0.717) is 6.42 Å². The van der Waals surface area contributed by atoms with Gasteiger partial charge in [0.1, 0.15) is 0 Å². The number of rotatable bonds is 7. The Kier molecular flexibility index (Phi) is 6.10. The lowest BCUT2D eigenvalue weighted by Gasteiger charge is -2.16. The topological polar surface area (TPSA) is 45.2 Å². The average molecular weight is 297 g/mol. The van der Waals surface area contributed by atoms with Crippen molar-refractivity contribution in [3.8, 4) is 0 Å². The van der Waals surface area contributed by atoms with Crippen LogP contribution in [0, 0.1) is 6.92 Å². The SMILES string of the molecule is Cc1ccc(NC(=O)CCN(C)CCc2ccncc2)cc1. The van der Waals surface area contributed by atoms with Crippen LogP contribution in [0.5, 0.6) is 0 Å². The third-order valence-corrected chi connectivity index (χ3v) is 3.59. The molecule has 22 heavy (non-hydrogen) atoms. The molecule has 0 bridgehead atoms. The zero-order valence-electron chi connectivity index (χ0n) is 13.2. The van der Waals surface area contributed by atoms with E-state index in [1.54, 1.807) is 0 Å². The number of nitrogens with one attached hydrogen (secondary N) is 1. The molecule has 4 nitrogen and oxygen atoms in total. The summed E-state index contributed by atoms with van der Waals surface area (Å²) in [6.45, 7) is 3.72. The number of benzene rings is 1. The minimum absolute atomic E-state index is 0.0552. The molecule has 0 aliphatic rings. The summed E-state index contributed by atoms with van der Waals surface area (Å²) in [7, 11) is 2.04. The zero-order valence-corrected chi connectivity index (χ0v) is 13.2. The van der Waals surface area contributed by atoms with E-state index in [4.69, 9.17) is 0 Å². The first kappa shape index (κ1) is 16.2. The monoisotopic (exact) mass is 297 g/mol. The summed E-state index contributed by atoms with van der Waals surface area (Å²) in [5.74, 6) is 0.0552.